The van der Waals surface area contributed by atoms with Gasteiger partial charge in [0.25, 0.3) is 0 Å². The van der Waals surface area contributed by atoms with Crippen molar-refractivity contribution in [3.8, 4) is 0 Å². The van der Waals surface area contributed by atoms with Crippen LogP contribution in [-0.4, -0.2) is 33.9 Å². The Hall–Kier alpha value is -1.43. The first-order valence-corrected chi connectivity index (χ1v) is 6.17. The van der Waals surface area contributed by atoms with Crippen molar-refractivity contribution in [1.82, 2.24) is 20.1 Å². The predicted molar refractivity (Wildman–Crippen MR) is 67.9 cm³/mol. The van der Waals surface area contributed by atoms with Crippen LogP contribution < -0.4 is 5.32 Å². The summed E-state index contributed by atoms with van der Waals surface area (Å²) in [6.45, 7) is 8.52. The van der Waals surface area contributed by atoms with Crippen LogP contribution in [0.15, 0.2) is 6.33 Å². The molecule has 1 rings (SSSR count). The van der Waals surface area contributed by atoms with Crippen molar-refractivity contribution < 1.29 is 9.53 Å². The molecule has 0 aliphatic carbocycles. The number of rotatable bonds is 6. The van der Waals surface area contributed by atoms with Gasteiger partial charge in [-0.15, -0.1) is 0 Å². The summed E-state index contributed by atoms with van der Waals surface area (Å²) < 4.78 is 6.61. The maximum atomic E-state index is 11.6. The van der Waals surface area contributed by atoms with Crippen LogP contribution in [0.25, 0.3) is 0 Å². The summed E-state index contributed by atoms with van der Waals surface area (Å²) in [6.07, 6.45) is 1.53. The number of nitrogens with zero attached hydrogens (tertiary/aromatic N) is 3. The molecule has 6 nitrogen and oxygen atoms in total. The maximum Gasteiger partial charge on any atom is 0.323 e. The van der Waals surface area contributed by atoms with E-state index in [0.29, 0.717) is 6.54 Å². The van der Waals surface area contributed by atoms with Crippen LogP contribution in [0.1, 0.15) is 39.6 Å². The smallest absolute Gasteiger partial charge is 0.323 e. The zero-order chi connectivity index (χ0) is 13.7. The number of esters is 1. The third kappa shape index (κ3) is 3.53. The molecule has 1 aromatic rings. The highest BCUT2D eigenvalue weighted by Crippen LogP contribution is 2.08. The Morgan fingerprint density at radius 1 is 1.44 bits per heavy atom. The molecule has 6 heteroatoms. The topological polar surface area (TPSA) is 69.0 Å². The molecular weight excluding hydrogens is 232 g/mol. The van der Waals surface area contributed by atoms with Gasteiger partial charge in [0.2, 0.25) is 0 Å². The lowest BCUT2D eigenvalue weighted by atomic mass is 10.0. The second kappa shape index (κ2) is 6.49. The van der Waals surface area contributed by atoms with Gasteiger partial charge in [0.15, 0.2) is 0 Å². The Balaban J connectivity index is 2.67. The number of hydrogen-bond acceptors (Lipinski definition) is 5. The summed E-state index contributed by atoms with van der Waals surface area (Å²) in [5.41, 5.74) is 0. The molecule has 0 fully saturated rings. The lowest BCUT2D eigenvalue weighted by Crippen LogP contribution is -2.41. The van der Waals surface area contributed by atoms with Gasteiger partial charge in [-0.1, -0.05) is 13.8 Å². The van der Waals surface area contributed by atoms with E-state index in [4.69, 9.17) is 4.74 Å². The van der Waals surface area contributed by atoms with E-state index in [1.54, 1.807) is 0 Å². The summed E-state index contributed by atoms with van der Waals surface area (Å²) in [4.78, 5) is 15.8. The fourth-order valence-electron chi connectivity index (χ4n) is 1.75. The summed E-state index contributed by atoms with van der Waals surface area (Å²) in [6, 6.07) is -0.0766. The van der Waals surface area contributed by atoms with Crippen molar-refractivity contribution in [3.63, 3.8) is 0 Å². The van der Waals surface area contributed by atoms with Crippen LogP contribution in [-0.2, 0) is 16.1 Å². The second-order valence-electron chi connectivity index (χ2n) is 4.84. The van der Waals surface area contributed by atoms with Crippen molar-refractivity contribution in [3.05, 3.63) is 12.2 Å². The molecule has 102 valence electrons. The highest BCUT2D eigenvalue weighted by molar-refractivity contribution is 5.75. The molecule has 0 bridgehead atoms. The zero-order valence-electron chi connectivity index (χ0n) is 11.7. The van der Waals surface area contributed by atoms with E-state index in [-0.39, 0.29) is 24.0 Å². The average Bonchev–Trinajstić information content (AvgIpc) is 2.76. The third-order valence-corrected chi connectivity index (χ3v) is 2.74. The fourth-order valence-corrected chi connectivity index (χ4v) is 1.75. The van der Waals surface area contributed by atoms with E-state index in [2.05, 4.69) is 15.4 Å². The number of carbonyl (C=O) groups is 1. The molecule has 1 heterocycles. The molecule has 0 saturated heterocycles. The molecule has 1 atom stereocenters. The fraction of sp³-hybridized carbons (Fsp3) is 0.750. The van der Waals surface area contributed by atoms with Crippen LogP contribution in [0.4, 0.5) is 0 Å². The van der Waals surface area contributed by atoms with E-state index in [9.17, 15) is 4.79 Å². The minimum absolute atomic E-state index is 0.160. The highest BCUT2D eigenvalue weighted by Gasteiger charge is 2.23. The van der Waals surface area contributed by atoms with Crippen LogP contribution in [0.2, 0.25) is 0 Å². The molecule has 0 radical (unpaired) electrons. The van der Waals surface area contributed by atoms with Gasteiger partial charge in [-0.2, -0.15) is 5.10 Å². The van der Waals surface area contributed by atoms with Crippen molar-refractivity contribution >= 4 is 5.97 Å². The van der Waals surface area contributed by atoms with Crippen molar-refractivity contribution in [2.45, 2.75) is 46.3 Å². The first kappa shape index (κ1) is 14.6. The molecular formula is C12H22N4O2. The quantitative estimate of drug-likeness (QED) is 0.771. The van der Waals surface area contributed by atoms with Gasteiger partial charge in [-0.3, -0.25) is 10.1 Å². The molecule has 0 aliphatic rings. The van der Waals surface area contributed by atoms with Gasteiger partial charge in [0.1, 0.15) is 18.2 Å². The Kier molecular flexibility index (Phi) is 5.27. The Bertz CT molecular complexity index is 387. The number of methoxy groups -OCH3 is 1. The molecule has 18 heavy (non-hydrogen) atoms. The zero-order valence-corrected chi connectivity index (χ0v) is 11.7. The van der Waals surface area contributed by atoms with Gasteiger partial charge in [-0.25, -0.2) is 9.67 Å². The normalized spacial score (nSPS) is 13.1. The summed E-state index contributed by atoms with van der Waals surface area (Å²) in [5, 5.41) is 7.32. The molecule has 1 N–H and O–H groups in total. The van der Waals surface area contributed by atoms with Gasteiger partial charge < -0.3 is 4.74 Å². The first-order valence-electron chi connectivity index (χ1n) is 6.17. The van der Waals surface area contributed by atoms with Crippen molar-refractivity contribution in [2.24, 2.45) is 5.92 Å². The summed E-state index contributed by atoms with van der Waals surface area (Å²) in [7, 11) is 1.40. The molecule has 0 spiro atoms. The Morgan fingerprint density at radius 2 is 2.11 bits per heavy atom. The standard InChI is InChI=1S/C12H22N4O2/c1-8(2)11(12(17)18-5)13-6-10-14-7-15-16(10)9(3)4/h7-9,11,13H,6H2,1-5H3. The van der Waals surface area contributed by atoms with E-state index < -0.39 is 0 Å². The number of aromatic nitrogens is 3. The van der Waals surface area contributed by atoms with E-state index in [0.717, 1.165) is 5.82 Å². The largest absolute Gasteiger partial charge is 0.468 e. The minimum Gasteiger partial charge on any atom is -0.468 e. The molecule has 1 aromatic heterocycles. The Morgan fingerprint density at radius 3 is 2.61 bits per heavy atom. The molecule has 0 aromatic carbocycles. The predicted octanol–water partition coefficient (Wildman–Crippen LogP) is 1.15. The average molecular weight is 254 g/mol. The first-order chi connectivity index (χ1) is 8.47. The monoisotopic (exact) mass is 254 g/mol. The van der Waals surface area contributed by atoms with Crippen molar-refractivity contribution in [1.29, 1.82) is 0 Å². The van der Waals surface area contributed by atoms with Crippen LogP contribution in [0.3, 0.4) is 0 Å². The van der Waals surface area contributed by atoms with Gasteiger partial charge in [0, 0.05) is 6.04 Å². The molecule has 0 saturated carbocycles. The lowest BCUT2D eigenvalue weighted by molar-refractivity contribution is -0.144. The van der Waals surface area contributed by atoms with Crippen LogP contribution in [0.5, 0.6) is 0 Å². The van der Waals surface area contributed by atoms with Crippen molar-refractivity contribution in [2.75, 3.05) is 7.11 Å². The number of hydrogen-bond donors (Lipinski definition) is 1. The SMILES string of the molecule is COC(=O)C(NCc1ncnn1C(C)C)C(C)C. The molecule has 0 amide bonds. The number of ether oxygens (including phenoxy) is 1. The summed E-state index contributed by atoms with van der Waals surface area (Å²) >= 11 is 0. The van der Waals surface area contributed by atoms with E-state index in [1.165, 1.54) is 13.4 Å². The number of carbonyl (C=O) groups excluding carboxylic acids is 1. The number of nitrogens with one attached hydrogen (secondary N) is 1. The second-order valence-corrected chi connectivity index (χ2v) is 4.84. The molecule has 0 aliphatic heterocycles. The van der Waals surface area contributed by atoms with Gasteiger partial charge in [0.05, 0.1) is 13.7 Å². The minimum atomic E-state index is -0.327. The van der Waals surface area contributed by atoms with Gasteiger partial charge >= 0.3 is 5.97 Å². The highest BCUT2D eigenvalue weighted by atomic mass is 16.5. The summed E-state index contributed by atoms with van der Waals surface area (Å²) in [5.74, 6) is 0.730. The third-order valence-electron chi connectivity index (χ3n) is 2.74. The van der Waals surface area contributed by atoms with Crippen LogP contribution >= 0.6 is 0 Å². The van der Waals surface area contributed by atoms with Gasteiger partial charge in [-0.05, 0) is 19.8 Å². The van der Waals surface area contributed by atoms with Crippen LogP contribution in [0, 0.1) is 5.92 Å². The maximum absolute atomic E-state index is 11.6. The molecule has 1 unspecified atom stereocenters. The van der Waals surface area contributed by atoms with E-state index in [1.807, 2.05) is 32.4 Å². The Labute approximate surface area is 108 Å². The lowest BCUT2D eigenvalue weighted by Gasteiger charge is -2.20. The van der Waals surface area contributed by atoms with E-state index >= 15 is 0 Å².